The second-order valence-corrected chi connectivity index (χ2v) is 19.5. The molecular weight excluding hydrogens is 1340 g/mol. The third kappa shape index (κ3) is 53.4. The summed E-state index contributed by atoms with van der Waals surface area (Å²) in [4.78, 5) is 9.00. The zero-order valence-corrected chi connectivity index (χ0v) is 74.6. The normalized spacial score (nSPS) is 8.05. The summed E-state index contributed by atoms with van der Waals surface area (Å²) in [5.41, 5.74) is 14.0. The van der Waals surface area contributed by atoms with E-state index < -0.39 is 0 Å². The Labute approximate surface area is 689 Å². The van der Waals surface area contributed by atoms with Crippen LogP contribution >= 0.6 is 0 Å². The molecule has 111 heavy (non-hydrogen) atoms. The van der Waals surface area contributed by atoms with Crippen LogP contribution in [0.15, 0.2) is 364 Å². The molecule has 0 unspecified atom stereocenters. The molecule has 4 heteroatoms. The van der Waals surface area contributed by atoms with E-state index in [9.17, 15) is 0 Å². The summed E-state index contributed by atoms with van der Waals surface area (Å²) >= 11 is 0. The Kier molecular flexibility index (Phi) is 103. The van der Waals surface area contributed by atoms with Gasteiger partial charge in [0.05, 0.1) is 0 Å². The molecule has 0 fully saturated rings. The van der Waals surface area contributed by atoms with Gasteiger partial charge in [0.2, 0.25) is 0 Å². The quantitative estimate of drug-likeness (QED) is 0.121. The topological polar surface area (TPSA) is 13.0 Å². The molecule has 0 aliphatic carbocycles. The molecule has 12 rings (SSSR count). The molecule has 0 saturated carbocycles. The molecule has 0 N–H and O–H groups in total. The second kappa shape index (κ2) is 95.9. The van der Waals surface area contributed by atoms with Gasteiger partial charge in [-0.3, -0.25) is 0 Å². The maximum atomic E-state index is 2.25. The Morgan fingerprint density at radius 1 is 0.117 bits per heavy atom. The van der Waals surface area contributed by atoms with Crippen molar-refractivity contribution in [1.82, 2.24) is 0 Å². The highest BCUT2D eigenvalue weighted by atomic mass is 15.2. The number of hydrogen-bond acceptors (Lipinski definition) is 4. The fourth-order valence-corrected chi connectivity index (χ4v) is 8.71. The van der Waals surface area contributed by atoms with E-state index in [1.54, 1.807) is 0 Å². The van der Waals surface area contributed by atoms with Crippen LogP contribution in [0.4, 0.5) is 68.2 Å². The van der Waals surface area contributed by atoms with E-state index in [-0.39, 0.29) is 14.9 Å². The smallest absolute Gasteiger partial charge is 0.0461 e. The SMILES string of the molecule is C.C.CC.CC.CC.CC.CC.CC.CC.CC.CC.CC.CC.CC.CCC.CCC.CCC.c1ccc(N(c2ccccc2)c2ccccc2)cc1.c1ccc(N(c2ccccc2)c2ccccc2)cc1.c1ccc(N(c2ccccc2)c2ccccc2)cc1.c1ccc(N(c2ccccc2)c2ccccc2)cc1. The van der Waals surface area contributed by atoms with Crippen LogP contribution in [-0.2, 0) is 0 Å². The van der Waals surface area contributed by atoms with Crippen molar-refractivity contribution in [2.24, 2.45) is 0 Å². The van der Waals surface area contributed by atoms with Crippen molar-refractivity contribution >= 4 is 68.2 Å². The lowest BCUT2D eigenvalue weighted by atomic mass is 10.2. The number of anilines is 12. The second-order valence-electron chi connectivity index (χ2n) is 19.5. The number of para-hydroxylation sites is 12. The molecular formula is C107H164N4. The highest BCUT2D eigenvalue weighted by Crippen LogP contribution is 2.37. The molecule has 0 aromatic heterocycles. The summed E-state index contributed by atoms with van der Waals surface area (Å²) in [5.74, 6) is 0. The Balaban J connectivity index is -0.000000157. The molecule has 0 aliphatic rings. The Morgan fingerprint density at radius 3 is 0.207 bits per heavy atom. The standard InChI is InChI=1S/4C18H15N.3C3H8.12C2H6.2CH4/c4*1-4-10-16(11-5-1)19(17-12-6-2-7-13-17)18-14-8-3-9-15-18;3*1-3-2;12*1-2;;/h4*1-15H;3*3H2,1-2H3;12*1-2H3;2*1H4. The van der Waals surface area contributed by atoms with E-state index in [0.717, 1.165) is 0 Å². The molecule has 0 spiro atoms. The van der Waals surface area contributed by atoms with Crippen molar-refractivity contribution in [2.75, 3.05) is 19.6 Å². The molecule has 0 aliphatic heterocycles. The largest absolute Gasteiger partial charge is 0.311 e. The van der Waals surface area contributed by atoms with Gasteiger partial charge in [-0.1, -0.05) is 460 Å². The number of hydrogen-bond donors (Lipinski definition) is 0. The van der Waals surface area contributed by atoms with Crippen molar-refractivity contribution in [2.45, 2.75) is 242 Å². The lowest BCUT2D eigenvalue weighted by molar-refractivity contribution is 1.09. The van der Waals surface area contributed by atoms with Crippen molar-refractivity contribution in [1.29, 1.82) is 0 Å². The van der Waals surface area contributed by atoms with Crippen LogP contribution in [-0.4, -0.2) is 0 Å². The summed E-state index contributed by atoms with van der Waals surface area (Å²) in [6.45, 7) is 60.8. The molecule has 0 saturated heterocycles. The average molecular weight is 1510 g/mol. The van der Waals surface area contributed by atoms with E-state index >= 15 is 0 Å². The zero-order valence-electron chi connectivity index (χ0n) is 74.6. The lowest BCUT2D eigenvalue weighted by Gasteiger charge is -2.25. The monoisotopic (exact) mass is 1510 g/mol. The molecule has 0 heterocycles. The van der Waals surface area contributed by atoms with E-state index in [0.29, 0.717) is 0 Å². The predicted molar refractivity (Wildman–Crippen MR) is 522 cm³/mol. The van der Waals surface area contributed by atoms with Gasteiger partial charge in [0, 0.05) is 68.2 Å². The van der Waals surface area contributed by atoms with E-state index in [1.807, 2.05) is 239 Å². The fourth-order valence-electron chi connectivity index (χ4n) is 8.71. The van der Waals surface area contributed by atoms with Crippen LogP contribution in [0.1, 0.15) is 242 Å². The Morgan fingerprint density at radius 2 is 0.162 bits per heavy atom. The molecule has 4 nitrogen and oxygen atoms in total. The Bertz CT molecular complexity index is 2620. The van der Waals surface area contributed by atoms with Crippen molar-refractivity contribution < 1.29 is 0 Å². The van der Waals surface area contributed by atoms with Crippen LogP contribution in [0.2, 0.25) is 0 Å². The van der Waals surface area contributed by atoms with Gasteiger partial charge in [0.1, 0.15) is 0 Å². The van der Waals surface area contributed by atoms with Crippen LogP contribution in [0.25, 0.3) is 0 Å². The molecule has 0 bridgehead atoms. The summed E-state index contributed by atoms with van der Waals surface area (Å²) in [7, 11) is 0. The minimum Gasteiger partial charge on any atom is -0.311 e. The first-order valence-corrected chi connectivity index (χ1v) is 41.9. The Hall–Kier alpha value is -10.2. The maximum Gasteiger partial charge on any atom is 0.0461 e. The molecule has 0 atom stereocenters. The van der Waals surface area contributed by atoms with Gasteiger partial charge in [0.15, 0.2) is 0 Å². The molecule has 0 amide bonds. The minimum atomic E-state index is 0. The van der Waals surface area contributed by atoms with Crippen molar-refractivity contribution in [3.8, 4) is 0 Å². The molecule has 12 aromatic carbocycles. The van der Waals surface area contributed by atoms with Crippen LogP contribution < -0.4 is 19.6 Å². The van der Waals surface area contributed by atoms with Gasteiger partial charge in [-0.25, -0.2) is 0 Å². The minimum absolute atomic E-state index is 0. The predicted octanol–water partition coefficient (Wildman–Crippen LogP) is 38.5. The van der Waals surface area contributed by atoms with Gasteiger partial charge in [-0.2, -0.15) is 0 Å². The summed E-state index contributed by atoms with van der Waals surface area (Å²) in [6.07, 6.45) is 3.75. The fraction of sp³-hybridized carbons (Fsp3) is 0.327. The zero-order chi connectivity index (χ0) is 83.8. The van der Waals surface area contributed by atoms with E-state index in [2.05, 4.69) is 352 Å². The van der Waals surface area contributed by atoms with E-state index in [4.69, 9.17) is 0 Å². The summed E-state index contributed by atoms with van der Waals surface area (Å²) in [5, 5.41) is 0. The third-order valence-corrected chi connectivity index (χ3v) is 12.2. The lowest BCUT2D eigenvalue weighted by Crippen LogP contribution is -2.09. The van der Waals surface area contributed by atoms with Gasteiger partial charge in [-0.15, -0.1) is 0 Å². The average Bonchev–Trinajstić information content (AvgIpc) is 0.847. The van der Waals surface area contributed by atoms with E-state index in [1.165, 1.54) is 87.5 Å². The maximum absolute atomic E-state index is 2.25. The van der Waals surface area contributed by atoms with Crippen LogP contribution in [0.5, 0.6) is 0 Å². The highest BCUT2D eigenvalue weighted by Gasteiger charge is 2.14. The van der Waals surface area contributed by atoms with Gasteiger partial charge < -0.3 is 19.6 Å². The van der Waals surface area contributed by atoms with Gasteiger partial charge >= 0.3 is 0 Å². The van der Waals surface area contributed by atoms with Crippen LogP contribution in [0, 0.1) is 0 Å². The van der Waals surface area contributed by atoms with Crippen molar-refractivity contribution in [3.05, 3.63) is 364 Å². The summed E-state index contributed by atoms with van der Waals surface area (Å²) in [6, 6.07) is 125. The highest BCUT2D eigenvalue weighted by molar-refractivity contribution is 5.79. The third-order valence-electron chi connectivity index (χ3n) is 12.2. The first-order chi connectivity index (χ1) is 54.0. The van der Waals surface area contributed by atoms with Gasteiger partial charge in [0.25, 0.3) is 0 Å². The number of benzene rings is 12. The van der Waals surface area contributed by atoms with Crippen molar-refractivity contribution in [3.63, 3.8) is 0 Å². The molecule has 0 radical (unpaired) electrons. The van der Waals surface area contributed by atoms with Gasteiger partial charge in [-0.05, 0) is 146 Å². The van der Waals surface area contributed by atoms with Crippen LogP contribution in [0.3, 0.4) is 0 Å². The molecule has 12 aromatic rings. The molecule has 612 valence electrons. The summed E-state index contributed by atoms with van der Waals surface area (Å²) < 4.78 is 0. The first-order valence-electron chi connectivity index (χ1n) is 41.9. The first kappa shape index (κ1) is 119. The number of rotatable bonds is 12. The number of nitrogens with zero attached hydrogens (tertiary/aromatic N) is 4.